The van der Waals surface area contributed by atoms with Crippen LogP contribution >= 0.6 is 0 Å². The highest BCUT2D eigenvalue weighted by atomic mass is 16.4. The summed E-state index contributed by atoms with van der Waals surface area (Å²) in [5.74, 6) is -0.870. The fourth-order valence-electron chi connectivity index (χ4n) is 1.63. The van der Waals surface area contributed by atoms with Gasteiger partial charge in [0.05, 0.1) is 11.3 Å². The summed E-state index contributed by atoms with van der Waals surface area (Å²) in [6.07, 6.45) is 0.990. The lowest BCUT2D eigenvalue weighted by Crippen LogP contribution is -2.29. The largest absolute Gasteiger partial charge is 0.478 e. The minimum atomic E-state index is -0.870. The third-order valence-corrected chi connectivity index (χ3v) is 3.02. The van der Waals surface area contributed by atoms with Crippen LogP contribution in [0, 0.1) is 6.92 Å². The second-order valence-corrected chi connectivity index (χ2v) is 4.19. The lowest BCUT2D eigenvalue weighted by Gasteiger charge is -2.27. The summed E-state index contributed by atoms with van der Waals surface area (Å²) < 4.78 is 0. The van der Waals surface area contributed by atoms with E-state index < -0.39 is 5.97 Å². The van der Waals surface area contributed by atoms with Gasteiger partial charge < -0.3 is 10.0 Å². The number of aryl methyl sites for hydroxylation is 1. The number of hydrogen-bond donors (Lipinski definition) is 1. The zero-order valence-electron chi connectivity index (χ0n) is 10.3. The first-order valence-corrected chi connectivity index (χ1v) is 5.54. The number of carbonyl (C=O) groups is 1. The maximum Gasteiger partial charge on any atom is 0.337 e. The molecule has 0 aliphatic carbocycles. The van der Waals surface area contributed by atoms with Crippen LogP contribution in [0.3, 0.4) is 0 Å². The van der Waals surface area contributed by atoms with Crippen molar-refractivity contribution >= 4 is 11.7 Å². The van der Waals surface area contributed by atoms with Gasteiger partial charge in [-0.25, -0.2) is 4.79 Å². The average Bonchev–Trinajstić information content (AvgIpc) is 2.26. The van der Waals surface area contributed by atoms with E-state index >= 15 is 0 Å². The topological polar surface area (TPSA) is 40.5 Å². The molecule has 0 aliphatic heterocycles. The van der Waals surface area contributed by atoms with Crippen molar-refractivity contribution in [2.75, 3.05) is 11.9 Å². The average molecular weight is 221 g/mol. The molecule has 0 fully saturated rings. The molecule has 0 heterocycles. The zero-order valence-corrected chi connectivity index (χ0v) is 10.3. The lowest BCUT2D eigenvalue weighted by molar-refractivity contribution is 0.0697. The Hall–Kier alpha value is -1.51. The van der Waals surface area contributed by atoms with Crippen LogP contribution in [0.25, 0.3) is 0 Å². The van der Waals surface area contributed by atoms with Gasteiger partial charge in [0.1, 0.15) is 0 Å². The molecule has 0 saturated heterocycles. The Morgan fingerprint density at radius 3 is 2.62 bits per heavy atom. The summed E-state index contributed by atoms with van der Waals surface area (Å²) in [5.41, 5.74) is 2.24. The van der Waals surface area contributed by atoms with E-state index in [1.807, 2.05) is 31.0 Å². The first kappa shape index (κ1) is 12.6. The minimum absolute atomic E-state index is 0.333. The van der Waals surface area contributed by atoms with Gasteiger partial charge in [-0.1, -0.05) is 13.0 Å². The highest BCUT2D eigenvalue weighted by molar-refractivity contribution is 5.94. The fraction of sp³-hybridized carbons (Fsp3) is 0.462. The molecular formula is C13H19NO2. The van der Waals surface area contributed by atoms with E-state index in [9.17, 15) is 4.79 Å². The summed E-state index contributed by atoms with van der Waals surface area (Å²) in [6.45, 7) is 6.16. The van der Waals surface area contributed by atoms with Gasteiger partial charge in [0.2, 0.25) is 0 Å². The molecule has 0 aromatic heterocycles. The molecule has 88 valence electrons. The van der Waals surface area contributed by atoms with Gasteiger partial charge in [-0.15, -0.1) is 0 Å². The third-order valence-electron chi connectivity index (χ3n) is 3.02. The van der Waals surface area contributed by atoms with Gasteiger partial charge in [-0.2, -0.15) is 0 Å². The number of aromatic carboxylic acids is 1. The molecule has 0 spiro atoms. The van der Waals surface area contributed by atoms with E-state index in [0.29, 0.717) is 11.6 Å². The Morgan fingerprint density at radius 2 is 2.12 bits per heavy atom. The first-order chi connectivity index (χ1) is 7.47. The predicted molar refractivity (Wildman–Crippen MR) is 66.3 cm³/mol. The molecule has 0 bridgehead atoms. The van der Waals surface area contributed by atoms with Crippen molar-refractivity contribution in [3.63, 3.8) is 0 Å². The Bertz CT molecular complexity index is 388. The molecule has 0 amide bonds. The van der Waals surface area contributed by atoms with Gasteiger partial charge >= 0.3 is 5.97 Å². The highest BCUT2D eigenvalue weighted by Crippen LogP contribution is 2.23. The Labute approximate surface area is 96.7 Å². The second-order valence-electron chi connectivity index (χ2n) is 4.19. The van der Waals surface area contributed by atoms with Crippen molar-refractivity contribution in [1.82, 2.24) is 0 Å². The van der Waals surface area contributed by atoms with Gasteiger partial charge in [-0.3, -0.25) is 0 Å². The van der Waals surface area contributed by atoms with Gasteiger partial charge in [0.25, 0.3) is 0 Å². The molecule has 1 rings (SSSR count). The number of benzene rings is 1. The standard InChI is InChI=1S/C13H19NO2/c1-5-10(3)14(4)12-8-9(2)6-7-11(12)13(15)16/h6-8,10H,5H2,1-4H3,(H,15,16). The normalized spacial score (nSPS) is 12.2. The van der Waals surface area contributed by atoms with Crippen molar-refractivity contribution in [2.24, 2.45) is 0 Å². The quantitative estimate of drug-likeness (QED) is 0.849. The molecule has 0 aliphatic rings. The summed E-state index contributed by atoms with van der Waals surface area (Å²) in [6, 6.07) is 5.76. The van der Waals surface area contributed by atoms with Crippen LogP contribution in [-0.4, -0.2) is 24.2 Å². The van der Waals surface area contributed by atoms with Crippen LogP contribution in [-0.2, 0) is 0 Å². The van der Waals surface area contributed by atoms with Crippen LogP contribution in [0.15, 0.2) is 18.2 Å². The number of nitrogens with zero attached hydrogens (tertiary/aromatic N) is 1. The molecule has 0 radical (unpaired) electrons. The fourth-order valence-corrected chi connectivity index (χ4v) is 1.63. The molecule has 16 heavy (non-hydrogen) atoms. The predicted octanol–water partition coefficient (Wildman–Crippen LogP) is 2.93. The molecule has 0 saturated carbocycles. The molecule has 3 nitrogen and oxygen atoms in total. The van der Waals surface area contributed by atoms with Crippen LogP contribution < -0.4 is 4.90 Å². The molecule has 1 atom stereocenters. The molecule has 1 aromatic carbocycles. The van der Waals surface area contributed by atoms with Gasteiger partial charge in [-0.05, 0) is 38.0 Å². The number of carboxylic acids is 1. The van der Waals surface area contributed by atoms with E-state index in [1.54, 1.807) is 6.07 Å². The Morgan fingerprint density at radius 1 is 1.50 bits per heavy atom. The molecule has 3 heteroatoms. The van der Waals surface area contributed by atoms with E-state index in [4.69, 9.17) is 5.11 Å². The Kier molecular flexibility index (Phi) is 3.93. The van der Waals surface area contributed by atoms with Crippen molar-refractivity contribution in [1.29, 1.82) is 0 Å². The maximum atomic E-state index is 11.1. The van der Waals surface area contributed by atoms with E-state index in [2.05, 4.69) is 13.8 Å². The number of rotatable bonds is 4. The monoisotopic (exact) mass is 221 g/mol. The molecule has 1 N–H and O–H groups in total. The van der Waals surface area contributed by atoms with Crippen LogP contribution in [0.4, 0.5) is 5.69 Å². The third kappa shape index (κ3) is 2.54. The summed E-state index contributed by atoms with van der Waals surface area (Å²) in [5, 5.41) is 9.13. The molecular weight excluding hydrogens is 202 g/mol. The molecule has 1 aromatic rings. The van der Waals surface area contributed by atoms with Gasteiger partial charge in [0.15, 0.2) is 0 Å². The maximum absolute atomic E-state index is 11.1. The lowest BCUT2D eigenvalue weighted by atomic mass is 10.1. The Balaban J connectivity index is 3.19. The number of anilines is 1. The SMILES string of the molecule is CCC(C)N(C)c1cc(C)ccc1C(=O)O. The van der Waals surface area contributed by atoms with Crippen LogP contribution in [0.1, 0.15) is 36.2 Å². The highest BCUT2D eigenvalue weighted by Gasteiger charge is 2.16. The van der Waals surface area contributed by atoms with E-state index in [1.165, 1.54) is 0 Å². The van der Waals surface area contributed by atoms with Crippen LogP contribution in [0.2, 0.25) is 0 Å². The molecule has 1 unspecified atom stereocenters. The smallest absolute Gasteiger partial charge is 0.337 e. The minimum Gasteiger partial charge on any atom is -0.478 e. The summed E-state index contributed by atoms with van der Waals surface area (Å²) in [7, 11) is 1.94. The first-order valence-electron chi connectivity index (χ1n) is 5.54. The van der Waals surface area contributed by atoms with Crippen LogP contribution in [0.5, 0.6) is 0 Å². The number of hydrogen-bond acceptors (Lipinski definition) is 2. The van der Waals surface area contributed by atoms with Gasteiger partial charge in [0, 0.05) is 13.1 Å². The summed E-state index contributed by atoms with van der Waals surface area (Å²) >= 11 is 0. The van der Waals surface area contributed by atoms with Crippen molar-refractivity contribution in [3.05, 3.63) is 29.3 Å². The number of carboxylic acid groups (broad SMARTS) is 1. The van der Waals surface area contributed by atoms with Crippen molar-refractivity contribution in [2.45, 2.75) is 33.2 Å². The zero-order chi connectivity index (χ0) is 12.3. The van der Waals surface area contributed by atoms with Crippen molar-refractivity contribution in [3.8, 4) is 0 Å². The van der Waals surface area contributed by atoms with E-state index in [0.717, 1.165) is 17.7 Å². The van der Waals surface area contributed by atoms with Crippen molar-refractivity contribution < 1.29 is 9.90 Å². The summed E-state index contributed by atoms with van der Waals surface area (Å²) in [4.78, 5) is 13.1. The van der Waals surface area contributed by atoms with E-state index in [-0.39, 0.29) is 0 Å². The second kappa shape index (κ2) is 5.01.